The molecule has 3 aromatic rings. The number of ether oxygens (including phenoxy) is 2. The molecule has 3 heterocycles. The van der Waals surface area contributed by atoms with Crippen LogP contribution in [-0.2, 0) is 27.4 Å². The number of aryl methyl sites for hydroxylation is 1. The Morgan fingerprint density at radius 1 is 0.930 bits per heavy atom. The summed E-state index contributed by atoms with van der Waals surface area (Å²) in [6.45, 7) is 9.15. The fraction of sp³-hybridized carbons (Fsp3) is 0.512. The predicted octanol–water partition coefficient (Wildman–Crippen LogP) is 9.11. The summed E-state index contributed by atoms with van der Waals surface area (Å²) in [6, 6.07) is 12.5. The highest BCUT2D eigenvalue weighted by molar-refractivity contribution is 6.37. The van der Waals surface area contributed by atoms with Crippen molar-refractivity contribution in [3.63, 3.8) is 0 Å². The first-order chi connectivity index (χ1) is 26.8. The molecule has 3 amide bonds. The van der Waals surface area contributed by atoms with Crippen LogP contribution in [0, 0.1) is 12.8 Å². The van der Waals surface area contributed by atoms with Crippen LogP contribution in [0.3, 0.4) is 0 Å². The Kier molecular flexibility index (Phi) is 13.1. The van der Waals surface area contributed by atoms with Crippen LogP contribution in [0.5, 0.6) is 5.75 Å². The molecule has 2 aromatic carbocycles. The van der Waals surface area contributed by atoms with E-state index < -0.39 is 36.1 Å². The van der Waals surface area contributed by atoms with Gasteiger partial charge in [0.2, 0.25) is 11.8 Å². The number of alkyl halides is 3. The number of hydrogen-bond acceptors (Lipinski definition) is 7. The van der Waals surface area contributed by atoms with Crippen LogP contribution in [0.1, 0.15) is 81.0 Å². The molecular weight excluding hydrogens is 806 g/mol. The van der Waals surface area contributed by atoms with E-state index in [1.54, 1.807) is 55.0 Å². The number of nitrogens with zero attached hydrogens (tertiary/aromatic N) is 4. The Hall–Kier alpha value is -3.94. The zero-order valence-electron chi connectivity index (χ0n) is 32.3. The van der Waals surface area contributed by atoms with Crippen molar-refractivity contribution in [3.8, 4) is 5.75 Å². The van der Waals surface area contributed by atoms with Gasteiger partial charge in [-0.05, 0) is 93.5 Å². The Labute approximate surface area is 345 Å². The number of amides is 3. The highest BCUT2D eigenvalue weighted by Gasteiger charge is 2.44. The van der Waals surface area contributed by atoms with E-state index in [4.69, 9.17) is 49.3 Å². The molecule has 3 fully saturated rings. The fourth-order valence-corrected chi connectivity index (χ4v) is 8.23. The molecular formula is C41H47Cl3F3N5O5. The number of benzene rings is 2. The number of piperidine rings is 1. The van der Waals surface area contributed by atoms with E-state index in [1.807, 2.05) is 31.2 Å². The molecule has 2 unspecified atom stereocenters. The molecule has 2 aliphatic heterocycles. The Morgan fingerprint density at radius 2 is 1.65 bits per heavy atom. The molecule has 1 saturated carbocycles. The number of pyridine rings is 1. The van der Waals surface area contributed by atoms with E-state index in [9.17, 15) is 27.6 Å². The smallest absolute Gasteiger partial charge is 0.410 e. The van der Waals surface area contributed by atoms with Crippen LogP contribution in [0.25, 0.3) is 0 Å². The van der Waals surface area contributed by atoms with E-state index in [0.29, 0.717) is 58.0 Å². The molecule has 1 aliphatic carbocycles. The van der Waals surface area contributed by atoms with E-state index in [0.717, 1.165) is 36.2 Å². The first-order valence-corrected chi connectivity index (χ1v) is 20.2. The Morgan fingerprint density at radius 3 is 2.28 bits per heavy atom. The summed E-state index contributed by atoms with van der Waals surface area (Å²) in [4.78, 5) is 50.3. The van der Waals surface area contributed by atoms with Crippen molar-refractivity contribution in [3.05, 3.63) is 86.0 Å². The fourth-order valence-electron chi connectivity index (χ4n) is 7.37. The standard InChI is InChI=1S/C41H47Cl3F3N5O5/c1-24-15-33(43)37(34(44)16-24)56-29-11-13-50(22-29)35-10-6-26(20-48-35)30-12-14-51(39(55)57-40(2,3)4)23-31(30)38(54)52(28-7-8-28)21-27-17-25(5-9-32(27)42)19-49-36(53)18-41(45,46)47/h5-6,9-10,15-17,20,28-31H,7-8,11-14,18-19,21-23H2,1-4H3,(H,49,53)/t29-,30?,31?/m1/s1. The minimum Gasteiger partial charge on any atom is -0.485 e. The molecule has 2 saturated heterocycles. The van der Waals surface area contributed by atoms with Gasteiger partial charge in [-0.25, -0.2) is 9.78 Å². The lowest BCUT2D eigenvalue weighted by atomic mass is 9.80. The molecule has 16 heteroatoms. The first-order valence-electron chi connectivity index (χ1n) is 19.1. The summed E-state index contributed by atoms with van der Waals surface area (Å²) in [7, 11) is 0. The second kappa shape index (κ2) is 17.5. The lowest BCUT2D eigenvalue weighted by Gasteiger charge is -2.40. The van der Waals surface area contributed by atoms with E-state index in [1.165, 1.54) is 0 Å². The van der Waals surface area contributed by atoms with Gasteiger partial charge in [-0.1, -0.05) is 53.0 Å². The van der Waals surface area contributed by atoms with Gasteiger partial charge in [0, 0.05) is 62.3 Å². The maximum absolute atomic E-state index is 14.8. The first kappa shape index (κ1) is 42.7. The zero-order chi connectivity index (χ0) is 41.2. The third kappa shape index (κ3) is 11.4. The summed E-state index contributed by atoms with van der Waals surface area (Å²) in [6.07, 6.45) is -2.18. The lowest BCUT2D eigenvalue weighted by molar-refractivity contribution is -0.153. The largest absolute Gasteiger partial charge is 0.485 e. The van der Waals surface area contributed by atoms with E-state index >= 15 is 0 Å². The highest BCUT2D eigenvalue weighted by Crippen LogP contribution is 2.40. The van der Waals surface area contributed by atoms with Crippen LogP contribution >= 0.6 is 34.8 Å². The summed E-state index contributed by atoms with van der Waals surface area (Å²) in [5.41, 5.74) is 2.24. The van der Waals surface area contributed by atoms with Gasteiger partial charge in [0.05, 0.1) is 22.5 Å². The number of hydrogen-bond donors (Lipinski definition) is 1. The third-order valence-corrected chi connectivity index (χ3v) is 11.2. The average molecular weight is 853 g/mol. The molecule has 0 spiro atoms. The second-order valence-electron chi connectivity index (χ2n) is 16.1. The molecule has 6 rings (SSSR count). The third-order valence-electron chi connectivity index (χ3n) is 10.2. The number of aromatic nitrogens is 1. The maximum atomic E-state index is 14.8. The number of halogens is 6. The van der Waals surface area contributed by atoms with Crippen molar-refractivity contribution in [1.82, 2.24) is 20.1 Å². The zero-order valence-corrected chi connectivity index (χ0v) is 34.6. The van der Waals surface area contributed by atoms with Crippen LogP contribution < -0.4 is 15.0 Å². The van der Waals surface area contributed by atoms with Gasteiger partial charge in [0.25, 0.3) is 0 Å². The maximum Gasteiger partial charge on any atom is 0.410 e. The number of likely N-dealkylation sites (tertiary alicyclic amines) is 1. The van der Waals surface area contributed by atoms with Crippen molar-refractivity contribution in [2.75, 3.05) is 31.1 Å². The Balaban J connectivity index is 1.19. The molecule has 3 atom stereocenters. The predicted molar refractivity (Wildman–Crippen MR) is 213 cm³/mol. The average Bonchev–Trinajstić information content (AvgIpc) is 3.86. The topological polar surface area (TPSA) is 104 Å². The van der Waals surface area contributed by atoms with Gasteiger partial charge in [-0.2, -0.15) is 13.2 Å². The quantitative estimate of drug-likeness (QED) is 0.205. The van der Waals surface area contributed by atoms with Gasteiger partial charge in [-0.15, -0.1) is 0 Å². The normalized spacial score (nSPS) is 20.0. The minimum atomic E-state index is -4.62. The molecule has 0 bridgehead atoms. The van der Waals surface area contributed by atoms with Crippen molar-refractivity contribution in [2.45, 2.75) is 103 Å². The van der Waals surface area contributed by atoms with E-state index in [2.05, 4.69) is 10.2 Å². The molecule has 57 heavy (non-hydrogen) atoms. The van der Waals surface area contributed by atoms with Crippen LogP contribution in [0.4, 0.5) is 23.8 Å². The van der Waals surface area contributed by atoms with Gasteiger partial charge < -0.3 is 29.5 Å². The number of nitrogens with one attached hydrogen (secondary N) is 1. The summed E-state index contributed by atoms with van der Waals surface area (Å²) in [5.74, 6) is -0.934. The lowest BCUT2D eigenvalue weighted by Crippen LogP contribution is -2.51. The van der Waals surface area contributed by atoms with Crippen molar-refractivity contribution < 1.29 is 37.0 Å². The van der Waals surface area contributed by atoms with Crippen molar-refractivity contribution in [2.24, 2.45) is 5.92 Å². The van der Waals surface area contributed by atoms with Crippen LogP contribution in [0.2, 0.25) is 15.1 Å². The summed E-state index contributed by atoms with van der Waals surface area (Å²) < 4.78 is 50.0. The molecule has 3 aliphatic rings. The number of rotatable bonds is 11. The summed E-state index contributed by atoms with van der Waals surface area (Å²) >= 11 is 19.5. The van der Waals surface area contributed by atoms with Crippen LogP contribution in [0.15, 0.2) is 48.7 Å². The molecule has 1 aromatic heterocycles. The number of anilines is 1. The van der Waals surface area contributed by atoms with Crippen LogP contribution in [-0.4, -0.2) is 82.8 Å². The monoisotopic (exact) mass is 851 g/mol. The summed E-state index contributed by atoms with van der Waals surface area (Å²) in [5, 5.41) is 3.62. The van der Waals surface area contributed by atoms with Crippen molar-refractivity contribution in [1.29, 1.82) is 0 Å². The van der Waals surface area contributed by atoms with Gasteiger partial charge >= 0.3 is 12.3 Å². The molecule has 1 N–H and O–H groups in total. The van der Waals surface area contributed by atoms with Crippen molar-refractivity contribution >= 4 is 58.5 Å². The van der Waals surface area contributed by atoms with Gasteiger partial charge in [-0.3, -0.25) is 9.59 Å². The van der Waals surface area contributed by atoms with Gasteiger partial charge in [0.1, 0.15) is 23.9 Å². The van der Waals surface area contributed by atoms with E-state index in [-0.39, 0.29) is 43.6 Å². The number of carbonyl (C=O) groups excluding carboxylic acids is 3. The molecule has 308 valence electrons. The Bertz CT molecular complexity index is 1930. The molecule has 0 radical (unpaired) electrons. The molecule has 10 nitrogen and oxygen atoms in total. The minimum absolute atomic E-state index is 0.0447. The second-order valence-corrected chi connectivity index (χ2v) is 17.3. The van der Waals surface area contributed by atoms with Gasteiger partial charge in [0.15, 0.2) is 5.75 Å². The highest BCUT2D eigenvalue weighted by atomic mass is 35.5. The SMILES string of the molecule is Cc1cc(Cl)c(O[C@@H]2CCN(c3ccc(C4CCN(C(=O)OC(C)(C)C)CC4C(=O)N(Cc4cc(CNC(=O)CC(F)(F)F)ccc4Cl)C4CC4)cn3)C2)c(Cl)c1. The number of carbonyl (C=O) groups is 3.